The summed E-state index contributed by atoms with van der Waals surface area (Å²) >= 11 is 0. The fourth-order valence-electron chi connectivity index (χ4n) is 1.19. The molecule has 1 amide bonds. The number of carbonyl (C=O) groups is 1. The van der Waals surface area contributed by atoms with Crippen molar-refractivity contribution in [3.63, 3.8) is 0 Å². The van der Waals surface area contributed by atoms with Crippen molar-refractivity contribution in [1.29, 1.82) is 0 Å². The summed E-state index contributed by atoms with van der Waals surface area (Å²) < 4.78 is 0. The Kier molecular flexibility index (Phi) is 6.54. The lowest BCUT2D eigenvalue weighted by Gasteiger charge is -2.31. The Hall–Kier alpha value is -0.610. The molecule has 0 spiro atoms. The van der Waals surface area contributed by atoms with Crippen LogP contribution in [-0.4, -0.2) is 42.0 Å². The van der Waals surface area contributed by atoms with E-state index in [4.69, 9.17) is 5.84 Å². The molecule has 0 atom stereocenters. The van der Waals surface area contributed by atoms with Crippen molar-refractivity contribution >= 4 is 5.91 Å². The summed E-state index contributed by atoms with van der Waals surface area (Å²) in [7, 11) is 0. The third kappa shape index (κ3) is 4.24. The predicted molar refractivity (Wildman–Crippen MR) is 54.0 cm³/mol. The highest BCUT2D eigenvalue weighted by molar-refractivity contribution is 5.75. The van der Waals surface area contributed by atoms with Crippen LogP contribution in [0.4, 0.5) is 0 Å². The Morgan fingerprint density at radius 2 is 1.69 bits per heavy atom. The zero-order valence-electron chi connectivity index (χ0n) is 8.92. The molecule has 2 N–H and O–H groups in total. The number of carbonyl (C=O) groups excluding carboxylic acids is 1. The molecule has 0 aliphatic carbocycles. The number of hydrogen-bond acceptors (Lipinski definition) is 3. The van der Waals surface area contributed by atoms with Crippen molar-refractivity contribution in [2.45, 2.75) is 27.2 Å². The molecule has 0 bridgehead atoms. The van der Waals surface area contributed by atoms with Gasteiger partial charge in [0.05, 0.1) is 0 Å². The molecule has 13 heavy (non-hydrogen) atoms. The van der Waals surface area contributed by atoms with Crippen LogP contribution in [0.3, 0.4) is 0 Å². The van der Waals surface area contributed by atoms with Gasteiger partial charge in [0.2, 0.25) is 5.91 Å². The van der Waals surface area contributed by atoms with Gasteiger partial charge in [-0.05, 0) is 0 Å². The summed E-state index contributed by atoms with van der Waals surface area (Å²) in [4.78, 5) is 13.0. The monoisotopic (exact) mass is 187 g/mol. The Labute approximate surface area is 80.7 Å². The second-order valence-corrected chi connectivity index (χ2v) is 2.77. The summed E-state index contributed by atoms with van der Waals surface area (Å²) in [5, 5.41) is 1.75. The third-order valence-electron chi connectivity index (χ3n) is 1.97. The van der Waals surface area contributed by atoms with Crippen molar-refractivity contribution in [3.8, 4) is 0 Å². The number of amides is 1. The summed E-state index contributed by atoms with van der Waals surface area (Å²) in [6, 6.07) is 0. The van der Waals surface area contributed by atoms with E-state index in [1.807, 2.05) is 25.7 Å². The van der Waals surface area contributed by atoms with E-state index in [0.29, 0.717) is 6.42 Å². The minimum atomic E-state index is 0.234. The highest BCUT2D eigenvalue weighted by Gasteiger charge is 2.17. The molecule has 4 nitrogen and oxygen atoms in total. The Morgan fingerprint density at radius 1 is 1.23 bits per heavy atom. The number of rotatable bonds is 1. The zero-order chi connectivity index (χ0) is 10.3. The van der Waals surface area contributed by atoms with Crippen LogP contribution >= 0.6 is 0 Å². The largest absolute Gasteiger partial charge is 0.340 e. The summed E-state index contributed by atoms with van der Waals surface area (Å²) in [6.45, 7) is 9.04. The molecule has 1 rings (SSSR count). The summed E-state index contributed by atoms with van der Waals surface area (Å²) in [5.74, 6) is 5.77. The third-order valence-corrected chi connectivity index (χ3v) is 1.97. The number of hydrazine groups is 1. The van der Waals surface area contributed by atoms with Crippen molar-refractivity contribution in [1.82, 2.24) is 9.91 Å². The lowest BCUT2D eigenvalue weighted by atomic mass is 10.3. The van der Waals surface area contributed by atoms with Gasteiger partial charge in [0.1, 0.15) is 0 Å². The summed E-state index contributed by atoms with van der Waals surface area (Å²) in [5.41, 5.74) is 0. The Balaban J connectivity index is 0.000000671. The van der Waals surface area contributed by atoms with E-state index in [2.05, 4.69) is 0 Å². The van der Waals surface area contributed by atoms with Crippen LogP contribution < -0.4 is 5.84 Å². The van der Waals surface area contributed by atoms with E-state index in [9.17, 15) is 4.79 Å². The maximum atomic E-state index is 11.1. The molecule has 78 valence electrons. The average Bonchev–Trinajstić information content (AvgIpc) is 2.21. The first-order valence-electron chi connectivity index (χ1n) is 5.01. The molecule has 1 aliphatic rings. The molecule has 1 heterocycles. The Morgan fingerprint density at radius 3 is 2.08 bits per heavy atom. The molecule has 1 saturated heterocycles. The molecule has 0 aromatic heterocycles. The topological polar surface area (TPSA) is 49.6 Å². The van der Waals surface area contributed by atoms with Gasteiger partial charge in [0.25, 0.3) is 0 Å². The van der Waals surface area contributed by atoms with E-state index in [-0.39, 0.29) is 5.91 Å². The average molecular weight is 187 g/mol. The first kappa shape index (κ1) is 12.4. The second kappa shape index (κ2) is 6.86. The molecule has 0 saturated carbocycles. The highest BCUT2D eigenvalue weighted by Crippen LogP contribution is 1.99. The van der Waals surface area contributed by atoms with Crippen LogP contribution in [-0.2, 0) is 4.79 Å². The second-order valence-electron chi connectivity index (χ2n) is 2.77. The number of nitrogens with two attached hydrogens (primary N) is 1. The van der Waals surface area contributed by atoms with E-state index in [1.54, 1.807) is 5.01 Å². The molecule has 1 fully saturated rings. The van der Waals surface area contributed by atoms with Gasteiger partial charge in [-0.2, -0.15) is 0 Å². The van der Waals surface area contributed by atoms with Gasteiger partial charge < -0.3 is 4.90 Å². The maximum absolute atomic E-state index is 11.1. The quantitative estimate of drug-likeness (QED) is 0.606. The van der Waals surface area contributed by atoms with Gasteiger partial charge >= 0.3 is 0 Å². The van der Waals surface area contributed by atoms with E-state index in [0.717, 1.165) is 26.2 Å². The van der Waals surface area contributed by atoms with Gasteiger partial charge in [-0.25, -0.2) is 5.01 Å². The zero-order valence-corrected chi connectivity index (χ0v) is 8.92. The Bertz CT molecular complexity index is 142. The van der Waals surface area contributed by atoms with Crippen LogP contribution in [0, 0.1) is 0 Å². The number of hydrogen-bond donors (Lipinski definition) is 1. The van der Waals surface area contributed by atoms with Crippen LogP contribution in [0.1, 0.15) is 27.2 Å². The smallest absolute Gasteiger partial charge is 0.222 e. The molecule has 0 unspecified atom stereocenters. The van der Waals surface area contributed by atoms with Crippen molar-refractivity contribution in [2.24, 2.45) is 5.84 Å². The van der Waals surface area contributed by atoms with Gasteiger partial charge in [-0.3, -0.25) is 10.6 Å². The lowest BCUT2D eigenvalue weighted by molar-refractivity contribution is -0.132. The SMILES string of the molecule is CC.CCC(=O)N1CCN(N)CC1. The van der Waals surface area contributed by atoms with Gasteiger partial charge in [0.15, 0.2) is 0 Å². The van der Waals surface area contributed by atoms with Crippen LogP contribution in [0.2, 0.25) is 0 Å². The normalized spacial score (nSPS) is 17.7. The predicted octanol–water partition coefficient (Wildman–Crippen LogP) is 0.441. The maximum Gasteiger partial charge on any atom is 0.222 e. The van der Waals surface area contributed by atoms with Gasteiger partial charge in [-0.15, -0.1) is 0 Å². The van der Waals surface area contributed by atoms with E-state index < -0.39 is 0 Å². The molecule has 4 heteroatoms. The summed E-state index contributed by atoms with van der Waals surface area (Å²) in [6.07, 6.45) is 0.602. The van der Waals surface area contributed by atoms with Crippen LogP contribution in [0.25, 0.3) is 0 Å². The first-order chi connectivity index (χ1) is 6.24. The number of piperazine rings is 1. The van der Waals surface area contributed by atoms with Crippen molar-refractivity contribution < 1.29 is 4.79 Å². The van der Waals surface area contributed by atoms with Crippen LogP contribution in [0.15, 0.2) is 0 Å². The van der Waals surface area contributed by atoms with Crippen molar-refractivity contribution in [2.75, 3.05) is 26.2 Å². The molecule has 0 aromatic rings. The fraction of sp³-hybridized carbons (Fsp3) is 0.889. The highest BCUT2D eigenvalue weighted by atomic mass is 16.2. The molecule has 1 aliphatic heterocycles. The number of nitrogens with zero attached hydrogens (tertiary/aromatic N) is 2. The van der Waals surface area contributed by atoms with E-state index >= 15 is 0 Å². The molecular formula is C9H21N3O. The van der Waals surface area contributed by atoms with Crippen LogP contribution in [0.5, 0.6) is 0 Å². The minimum absolute atomic E-state index is 0.234. The lowest BCUT2D eigenvalue weighted by Crippen LogP contribution is -2.51. The minimum Gasteiger partial charge on any atom is -0.340 e. The standard InChI is InChI=1S/C7H15N3O.C2H6/c1-2-7(11)9-3-5-10(8)6-4-9;1-2/h2-6,8H2,1H3;1-2H3. The molecular weight excluding hydrogens is 166 g/mol. The fourth-order valence-corrected chi connectivity index (χ4v) is 1.19. The molecule has 0 radical (unpaired) electrons. The molecule has 0 aromatic carbocycles. The van der Waals surface area contributed by atoms with E-state index in [1.165, 1.54) is 0 Å². The van der Waals surface area contributed by atoms with Gasteiger partial charge in [-0.1, -0.05) is 20.8 Å². The van der Waals surface area contributed by atoms with Gasteiger partial charge in [0, 0.05) is 32.6 Å². The first-order valence-corrected chi connectivity index (χ1v) is 5.01. The van der Waals surface area contributed by atoms with Crippen molar-refractivity contribution in [3.05, 3.63) is 0 Å².